The normalized spacial score (nSPS) is 18.1. The molecule has 0 aliphatic carbocycles. The summed E-state index contributed by atoms with van der Waals surface area (Å²) in [5, 5.41) is 2.90. The Hall–Kier alpha value is -1.83. The predicted molar refractivity (Wildman–Crippen MR) is 65.6 cm³/mol. The second-order valence-corrected chi connectivity index (χ2v) is 3.88. The van der Waals surface area contributed by atoms with Crippen LogP contribution in [0, 0.1) is 0 Å². The van der Waals surface area contributed by atoms with Crippen molar-refractivity contribution in [2.24, 2.45) is 0 Å². The summed E-state index contributed by atoms with van der Waals surface area (Å²) in [6.45, 7) is 3.94. The first-order valence-corrected chi connectivity index (χ1v) is 5.50. The van der Waals surface area contributed by atoms with Crippen molar-refractivity contribution >= 4 is 12.0 Å². The summed E-state index contributed by atoms with van der Waals surface area (Å²) >= 11 is 0. The monoisotopic (exact) mass is 213 g/mol. The fourth-order valence-electron chi connectivity index (χ4n) is 1.93. The Bertz CT molecular complexity index is 469. The number of benzene rings is 1. The van der Waals surface area contributed by atoms with Gasteiger partial charge in [-0.25, -0.2) is 0 Å². The molecule has 82 valence electrons. The van der Waals surface area contributed by atoms with Gasteiger partial charge in [0.05, 0.1) is 0 Å². The molecule has 0 aromatic heterocycles. The maximum atomic E-state index is 11.5. The lowest BCUT2D eigenvalue weighted by molar-refractivity contribution is -0.116. The Morgan fingerprint density at radius 2 is 1.94 bits per heavy atom. The van der Waals surface area contributed by atoms with Crippen LogP contribution in [0.1, 0.15) is 25.8 Å². The molecule has 0 saturated carbocycles. The summed E-state index contributed by atoms with van der Waals surface area (Å²) in [7, 11) is 0. The lowest BCUT2D eigenvalue weighted by atomic mass is 10.1. The van der Waals surface area contributed by atoms with Gasteiger partial charge < -0.3 is 5.32 Å². The third kappa shape index (κ3) is 1.91. The van der Waals surface area contributed by atoms with Crippen LogP contribution >= 0.6 is 0 Å². The van der Waals surface area contributed by atoms with Gasteiger partial charge in [-0.3, -0.25) is 4.79 Å². The van der Waals surface area contributed by atoms with E-state index in [0.29, 0.717) is 0 Å². The van der Waals surface area contributed by atoms with E-state index in [1.54, 1.807) is 0 Å². The number of amides is 1. The summed E-state index contributed by atoms with van der Waals surface area (Å²) in [5.74, 6) is 0.0269. The summed E-state index contributed by atoms with van der Waals surface area (Å²) in [5.41, 5.74) is 4.01. The van der Waals surface area contributed by atoms with Crippen molar-refractivity contribution in [2.75, 3.05) is 0 Å². The van der Waals surface area contributed by atoms with Crippen molar-refractivity contribution in [1.82, 2.24) is 5.32 Å². The molecular weight excluding hydrogens is 198 g/mol. The maximum absolute atomic E-state index is 11.5. The fraction of sp³-hybridized carbons (Fsp3) is 0.214. The highest BCUT2D eigenvalue weighted by Gasteiger charge is 2.21. The van der Waals surface area contributed by atoms with Crippen LogP contribution in [0.25, 0.3) is 6.08 Å². The van der Waals surface area contributed by atoms with Gasteiger partial charge in [-0.15, -0.1) is 0 Å². The maximum Gasteiger partial charge on any atom is 0.251 e. The molecule has 0 bridgehead atoms. The number of allylic oxidation sites excluding steroid dienone is 1. The first-order chi connectivity index (χ1) is 7.72. The molecule has 1 aliphatic heterocycles. The molecule has 2 heteroatoms. The average molecular weight is 213 g/mol. The van der Waals surface area contributed by atoms with Crippen molar-refractivity contribution in [3.8, 4) is 0 Å². The molecule has 16 heavy (non-hydrogen) atoms. The zero-order valence-corrected chi connectivity index (χ0v) is 9.58. The van der Waals surface area contributed by atoms with Crippen LogP contribution in [0.4, 0.5) is 0 Å². The molecule has 1 aromatic rings. The molecule has 1 amide bonds. The van der Waals surface area contributed by atoms with Crippen molar-refractivity contribution in [3.05, 3.63) is 52.7 Å². The molecule has 1 aromatic carbocycles. The Morgan fingerprint density at radius 1 is 1.25 bits per heavy atom. The van der Waals surface area contributed by atoms with Crippen LogP contribution in [0.3, 0.4) is 0 Å². The second kappa shape index (κ2) is 4.35. The van der Waals surface area contributed by atoms with Gasteiger partial charge in [0.2, 0.25) is 0 Å². The molecule has 1 N–H and O–H groups in total. The summed E-state index contributed by atoms with van der Waals surface area (Å²) in [6, 6.07) is 10.0. The van der Waals surface area contributed by atoms with E-state index in [9.17, 15) is 4.79 Å². The highest BCUT2D eigenvalue weighted by molar-refractivity contribution is 6.00. The van der Waals surface area contributed by atoms with Crippen LogP contribution in [0.5, 0.6) is 0 Å². The number of nitrogens with one attached hydrogen (secondary N) is 1. The van der Waals surface area contributed by atoms with E-state index in [4.69, 9.17) is 0 Å². The summed E-state index contributed by atoms with van der Waals surface area (Å²) in [6.07, 6.45) is 2.90. The van der Waals surface area contributed by atoms with Gasteiger partial charge in [0.25, 0.3) is 5.91 Å². The molecular formula is C14H15NO. The predicted octanol–water partition coefficient (Wildman–Crippen LogP) is 2.88. The highest BCUT2D eigenvalue weighted by atomic mass is 16.1. The van der Waals surface area contributed by atoms with Crippen molar-refractivity contribution < 1.29 is 4.79 Å². The second-order valence-electron chi connectivity index (χ2n) is 3.88. The Morgan fingerprint density at radius 3 is 2.56 bits per heavy atom. The van der Waals surface area contributed by atoms with Gasteiger partial charge in [0, 0.05) is 11.3 Å². The largest absolute Gasteiger partial charge is 0.322 e. The molecule has 1 aliphatic rings. The fourth-order valence-corrected chi connectivity index (χ4v) is 1.93. The smallest absolute Gasteiger partial charge is 0.251 e. The van der Waals surface area contributed by atoms with Gasteiger partial charge >= 0.3 is 0 Å². The number of hydrogen-bond acceptors (Lipinski definition) is 1. The Labute approximate surface area is 95.7 Å². The number of hydrogen-bond donors (Lipinski definition) is 1. The zero-order chi connectivity index (χ0) is 11.5. The van der Waals surface area contributed by atoms with Gasteiger partial charge in [0.15, 0.2) is 0 Å². The summed E-state index contributed by atoms with van der Waals surface area (Å²) < 4.78 is 0. The minimum Gasteiger partial charge on any atom is -0.322 e. The van der Waals surface area contributed by atoms with Crippen LogP contribution in [0.15, 0.2) is 47.2 Å². The first-order valence-electron chi connectivity index (χ1n) is 5.50. The van der Waals surface area contributed by atoms with E-state index in [1.165, 1.54) is 0 Å². The van der Waals surface area contributed by atoms with Crippen molar-refractivity contribution in [3.63, 3.8) is 0 Å². The molecule has 0 saturated heterocycles. The molecule has 0 radical (unpaired) electrons. The molecule has 2 rings (SSSR count). The highest BCUT2D eigenvalue weighted by Crippen LogP contribution is 2.24. The molecule has 1 heterocycles. The first kappa shape index (κ1) is 10.7. The topological polar surface area (TPSA) is 29.1 Å². The third-order valence-corrected chi connectivity index (χ3v) is 2.83. The molecule has 0 atom stereocenters. The summed E-state index contributed by atoms with van der Waals surface area (Å²) in [4.78, 5) is 11.5. The van der Waals surface area contributed by atoms with Gasteiger partial charge in [-0.05, 0) is 30.6 Å². The molecule has 2 nitrogen and oxygen atoms in total. The number of carbonyl (C=O) groups is 1. The van der Waals surface area contributed by atoms with E-state index in [1.807, 2.05) is 43.3 Å². The molecule has 0 fully saturated rings. The van der Waals surface area contributed by atoms with Gasteiger partial charge in [-0.1, -0.05) is 37.3 Å². The van der Waals surface area contributed by atoms with E-state index in [-0.39, 0.29) is 5.91 Å². The minimum atomic E-state index is 0.0269. The van der Waals surface area contributed by atoms with Gasteiger partial charge in [-0.2, -0.15) is 0 Å². The van der Waals surface area contributed by atoms with Crippen molar-refractivity contribution in [1.29, 1.82) is 0 Å². The van der Waals surface area contributed by atoms with Crippen LogP contribution in [-0.4, -0.2) is 5.91 Å². The van der Waals surface area contributed by atoms with E-state index in [0.717, 1.165) is 28.8 Å². The lowest BCUT2D eigenvalue weighted by Crippen LogP contribution is -2.15. The zero-order valence-electron chi connectivity index (χ0n) is 9.58. The minimum absolute atomic E-state index is 0.0269. The molecule has 0 spiro atoms. The van der Waals surface area contributed by atoms with Crippen LogP contribution in [0.2, 0.25) is 0 Å². The average Bonchev–Trinajstić information content (AvgIpc) is 2.56. The van der Waals surface area contributed by atoms with E-state index < -0.39 is 0 Å². The Balaban J connectivity index is 2.37. The quantitative estimate of drug-likeness (QED) is 0.804. The molecule has 0 unspecified atom stereocenters. The number of rotatable bonds is 2. The van der Waals surface area contributed by atoms with Crippen LogP contribution in [-0.2, 0) is 4.79 Å². The van der Waals surface area contributed by atoms with E-state index >= 15 is 0 Å². The SMILES string of the molecule is CCC1=C(C)C(=O)N/C1=C/c1ccccc1. The standard InChI is InChI=1S/C14H15NO/c1-3-12-10(2)14(16)15-13(12)9-11-7-5-4-6-8-11/h4-9H,3H2,1-2H3,(H,15,16)/b13-9+. The van der Waals surface area contributed by atoms with Crippen LogP contribution < -0.4 is 5.32 Å². The van der Waals surface area contributed by atoms with E-state index in [2.05, 4.69) is 12.2 Å². The van der Waals surface area contributed by atoms with Crippen molar-refractivity contribution in [2.45, 2.75) is 20.3 Å². The Kier molecular flexibility index (Phi) is 2.91. The lowest BCUT2D eigenvalue weighted by Gasteiger charge is -2.02. The number of carbonyl (C=O) groups excluding carboxylic acids is 1. The van der Waals surface area contributed by atoms with Gasteiger partial charge in [0.1, 0.15) is 0 Å². The third-order valence-electron chi connectivity index (χ3n) is 2.83.